The second-order valence-corrected chi connectivity index (χ2v) is 4.51. The Kier molecular flexibility index (Phi) is 4.63. The largest absolute Gasteiger partial charge is 0.485 e. The topological polar surface area (TPSA) is 69.4 Å². The summed E-state index contributed by atoms with van der Waals surface area (Å²) < 4.78 is 43.8. The van der Waals surface area contributed by atoms with Crippen LogP contribution in [0.1, 0.15) is 15.9 Å². The van der Waals surface area contributed by atoms with Gasteiger partial charge < -0.3 is 4.74 Å². The van der Waals surface area contributed by atoms with Crippen LogP contribution in [0.2, 0.25) is 0 Å². The molecule has 2 aromatic rings. The van der Waals surface area contributed by atoms with E-state index < -0.39 is 40.5 Å². The van der Waals surface area contributed by atoms with Crippen molar-refractivity contribution >= 4 is 11.5 Å². The maximum atomic E-state index is 13.0. The minimum Gasteiger partial charge on any atom is -0.485 e. The van der Waals surface area contributed by atoms with Crippen LogP contribution in [0.5, 0.6) is 5.75 Å². The molecule has 2 rings (SSSR count). The molecule has 120 valence electrons. The van der Waals surface area contributed by atoms with Crippen LogP contribution in [-0.4, -0.2) is 17.3 Å². The third-order valence-corrected chi connectivity index (χ3v) is 2.93. The van der Waals surface area contributed by atoms with Crippen molar-refractivity contribution in [1.82, 2.24) is 0 Å². The lowest BCUT2D eigenvalue weighted by molar-refractivity contribution is -0.385. The Hall–Kier alpha value is -2.90. The summed E-state index contributed by atoms with van der Waals surface area (Å²) in [6.45, 7) is -0.606. The molecule has 0 aliphatic rings. The standard InChI is InChI=1S/C15H10F3NO4/c16-15(17,18)12-8-11(19(21)22)6-7-14(12)23-9-13(20)10-4-2-1-3-5-10/h1-8H,9H2. The molecule has 0 spiro atoms. The fourth-order valence-electron chi connectivity index (χ4n) is 1.83. The van der Waals surface area contributed by atoms with Crippen molar-refractivity contribution in [2.24, 2.45) is 0 Å². The van der Waals surface area contributed by atoms with Crippen LogP contribution >= 0.6 is 0 Å². The minimum absolute atomic E-state index is 0.294. The second kappa shape index (κ2) is 6.47. The molecule has 23 heavy (non-hydrogen) atoms. The normalized spacial score (nSPS) is 11.1. The summed E-state index contributed by atoms with van der Waals surface area (Å²) >= 11 is 0. The molecule has 0 aliphatic heterocycles. The highest BCUT2D eigenvalue weighted by Crippen LogP contribution is 2.38. The predicted molar refractivity (Wildman–Crippen MR) is 74.4 cm³/mol. The first-order valence-electron chi connectivity index (χ1n) is 6.35. The number of carbonyl (C=O) groups excluding carboxylic acids is 1. The number of rotatable bonds is 5. The van der Waals surface area contributed by atoms with E-state index in [0.29, 0.717) is 11.6 Å². The Morgan fingerprint density at radius 3 is 2.35 bits per heavy atom. The van der Waals surface area contributed by atoms with Gasteiger partial charge in [-0.15, -0.1) is 0 Å². The molecule has 0 saturated carbocycles. The van der Waals surface area contributed by atoms with Crippen molar-refractivity contribution in [3.8, 4) is 5.75 Å². The van der Waals surface area contributed by atoms with Gasteiger partial charge in [-0.25, -0.2) is 0 Å². The molecule has 0 aromatic heterocycles. The van der Waals surface area contributed by atoms with Crippen molar-refractivity contribution < 1.29 is 27.6 Å². The Morgan fingerprint density at radius 1 is 1.13 bits per heavy atom. The summed E-state index contributed by atoms with van der Waals surface area (Å²) in [6.07, 6.45) is -4.84. The summed E-state index contributed by atoms with van der Waals surface area (Å²) in [5.41, 5.74) is -1.71. The van der Waals surface area contributed by atoms with Crippen LogP contribution < -0.4 is 4.74 Å². The number of alkyl halides is 3. The molecule has 0 aliphatic carbocycles. The smallest absolute Gasteiger partial charge is 0.420 e. The zero-order chi connectivity index (χ0) is 17.0. The molecule has 0 bridgehead atoms. The molecule has 0 radical (unpaired) electrons. The number of carbonyl (C=O) groups is 1. The molecule has 0 N–H and O–H groups in total. The van der Waals surface area contributed by atoms with Crippen LogP contribution in [0, 0.1) is 10.1 Å². The quantitative estimate of drug-likeness (QED) is 0.475. The molecule has 0 unspecified atom stereocenters. The average Bonchev–Trinajstić information content (AvgIpc) is 2.52. The lowest BCUT2D eigenvalue weighted by Crippen LogP contribution is -2.15. The molecule has 2 aromatic carbocycles. The number of ether oxygens (including phenoxy) is 1. The van der Waals surface area contributed by atoms with E-state index in [-0.39, 0.29) is 0 Å². The fourth-order valence-corrected chi connectivity index (χ4v) is 1.83. The highest BCUT2D eigenvalue weighted by atomic mass is 19.4. The number of nitrogens with zero attached hydrogens (tertiary/aromatic N) is 1. The third kappa shape index (κ3) is 4.06. The molecule has 0 amide bonds. The van der Waals surface area contributed by atoms with Gasteiger partial charge in [0.15, 0.2) is 12.4 Å². The monoisotopic (exact) mass is 325 g/mol. The van der Waals surface area contributed by atoms with E-state index in [9.17, 15) is 28.1 Å². The first kappa shape index (κ1) is 16.5. The zero-order valence-corrected chi connectivity index (χ0v) is 11.5. The predicted octanol–water partition coefficient (Wildman–Crippen LogP) is 3.88. The van der Waals surface area contributed by atoms with Crippen LogP contribution in [0.25, 0.3) is 0 Å². The Morgan fingerprint density at radius 2 is 1.78 bits per heavy atom. The summed E-state index contributed by atoms with van der Waals surface area (Å²) in [6, 6.07) is 10.0. The Balaban J connectivity index is 2.22. The number of nitro benzene ring substituents is 1. The Labute approximate surface area is 128 Å². The van der Waals surface area contributed by atoms with E-state index in [1.807, 2.05) is 0 Å². The summed E-state index contributed by atoms with van der Waals surface area (Å²) in [5, 5.41) is 10.6. The van der Waals surface area contributed by atoms with Gasteiger partial charge in [0.1, 0.15) is 11.3 Å². The third-order valence-electron chi connectivity index (χ3n) is 2.93. The van der Waals surface area contributed by atoms with E-state index in [2.05, 4.69) is 0 Å². The highest BCUT2D eigenvalue weighted by Gasteiger charge is 2.36. The van der Waals surface area contributed by atoms with Crippen LogP contribution in [0.4, 0.5) is 18.9 Å². The lowest BCUT2D eigenvalue weighted by Gasteiger charge is -2.13. The number of ketones is 1. The number of hydrogen-bond acceptors (Lipinski definition) is 4. The molecule has 0 heterocycles. The fraction of sp³-hybridized carbons (Fsp3) is 0.133. The van der Waals surface area contributed by atoms with Gasteiger partial charge >= 0.3 is 6.18 Å². The van der Waals surface area contributed by atoms with Gasteiger partial charge in [0.05, 0.1) is 4.92 Å². The first-order chi connectivity index (χ1) is 10.8. The lowest BCUT2D eigenvalue weighted by atomic mass is 10.1. The summed E-state index contributed by atoms with van der Waals surface area (Å²) in [7, 11) is 0. The van der Waals surface area contributed by atoms with Crippen LogP contribution in [0.3, 0.4) is 0 Å². The van der Waals surface area contributed by atoms with Crippen LogP contribution in [-0.2, 0) is 6.18 Å². The molecular weight excluding hydrogens is 315 g/mol. The molecule has 0 fully saturated rings. The molecule has 5 nitrogen and oxygen atoms in total. The zero-order valence-electron chi connectivity index (χ0n) is 11.5. The van der Waals surface area contributed by atoms with Gasteiger partial charge in [-0.05, 0) is 6.07 Å². The van der Waals surface area contributed by atoms with E-state index >= 15 is 0 Å². The highest BCUT2D eigenvalue weighted by molar-refractivity contribution is 5.97. The molecule has 8 heteroatoms. The maximum Gasteiger partial charge on any atom is 0.420 e. The number of hydrogen-bond donors (Lipinski definition) is 0. The first-order valence-corrected chi connectivity index (χ1v) is 6.35. The van der Waals surface area contributed by atoms with E-state index in [0.717, 1.165) is 12.1 Å². The summed E-state index contributed by atoms with van der Waals surface area (Å²) in [5.74, 6) is -1.13. The van der Waals surface area contributed by atoms with Gasteiger partial charge in [0.25, 0.3) is 5.69 Å². The number of Topliss-reactive ketones (excluding diaryl/α,β-unsaturated/α-hetero) is 1. The van der Waals surface area contributed by atoms with Gasteiger partial charge in [-0.1, -0.05) is 30.3 Å². The molecule has 0 saturated heterocycles. The van der Waals surface area contributed by atoms with Gasteiger partial charge in [0, 0.05) is 17.7 Å². The van der Waals surface area contributed by atoms with E-state index in [4.69, 9.17) is 4.74 Å². The van der Waals surface area contributed by atoms with Crippen molar-refractivity contribution in [3.63, 3.8) is 0 Å². The SMILES string of the molecule is O=C(COc1ccc([N+](=O)[O-])cc1C(F)(F)F)c1ccccc1. The van der Waals surface area contributed by atoms with Gasteiger partial charge in [0.2, 0.25) is 0 Å². The number of benzene rings is 2. The number of halogens is 3. The molecular formula is C15H10F3NO4. The van der Waals surface area contributed by atoms with Crippen molar-refractivity contribution in [2.45, 2.75) is 6.18 Å². The van der Waals surface area contributed by atoms with E-state index in [1.54, 1.807) is 18.2 Å². The van der Waals surface area contributed by atoms with Crippen molar-refractivity contribution in [3.05, 3.63) is 69.8 Å². The second-order valence-electron chi connectivity index (χ2n) is 4.51. The van der Waals surface area contributed by atoms with E-state index in [1.165, 1.54) is 12.1 Å². The Bertz CT molecular complexity index is 729. The van der Waals surface area contributed by atoms with Crippen molar-refractivity contribution in [2.75, 3.05) is 6.61 Å². The average molecular weight is 325 g/mol. The number of non-ortho nitro benzene ring substituents is 1. The molecule has 0 atom stereocenters. The van der Waals surface area contributed by atoms with Gasteiger partial charge in [-0.2, -0.15) is 13.2 Å². The summed E-state index contributed by atoms with van der Waals surface area (Å²) in [4.78, 5) is 21.5. The number of nitro groups is 1. The van der Waals surface area contributed by atoms with Crippen molar-refractivity contribution in [1.29, 1.82) is 0 Å². The van der Waals surface area contributed by atoms with Crippen LogP contribution in [0.15, 0.2) is 48.5 Å². The van der Waals surface area contributed by atoms with Gasteiger partial charge in [-0.3, -0.25) is 14.9 Å². The maximum absolute atomic E-state index is 13.0. The minimum atomic E-state index is -4.84.